The Morgan fingerprint density at radius 3 is 3.00 bits per heavy atom. The Morgan fingerprint density at radius 1 is 1.27 bits per heavy atom. The first kappa shape index (κ1) is 8.16. The number of hydrogen-bond acceptors (Lipinski definition) is 2. The number of fused-ring (bicyclic) bond motifs is 1. The third-order valence-electron chi connectivity index (χ3n) is 2.31. The maximum absolute atomic E-state index is 13.4. The Balaban J connectivity index is 2.37. The fourth-order valence-corrected chi connectivity index (χ4v) is 1.63. The van der Waals surface area contributed by atoms with Crippen LogP contribution in [0.1, 0.15) is 0 Å². The van der Waals surface area contributed by atoms with Crippen molar-refractivity contribution in [3.63, 3.8) is 0 Å². The van der Waals surface area contributed by atoms with E-state index in [0.29, 0.717) is 5.39 Å². The molecule has 0 aliphatic rings. The number of aromatic nitrogens is 4. The van der Waals surface area contributed by atoms with Gasteiger partial charge >= 0.3 is 0 Å². The number of nitrogens with one attached hydrogen (secondary N) is 1. The van der Waals surface area contributed by atoms with Crippen LogP contribution >= 0.6 is 0 Å². The summed E-state index contributed by atoms with van der Waals surface area (Å²) < 4.78 is 15.0. The fourth-order valence-electron chi connectivity index (χ4n) is 1.63. The number of H-pyrrole nitrogens is 1. The standard InChI is InChI=1S/C10H7FN4/c11-8-1-2-9(15-6-12-5-14-15)10-7(8)3-4-13-10/h1-6,13H. The van der Waals surface area contributed by atoms with E-state index in [1.807, 2.05) is 0 Å². The minimum atomic E-state index is -0.241. The van der Waals surface area contributed by atoms with E-state index in [4.69, 9.17) is 0 Å². The molecular weight excluding hydrogens is 195 g/mol. The van der Waals surface area contributed by atoms with Crippen molar-refractivity contribution in [1.82, 2.24) is 19.7 Å². The molecule has 0 aliphatic carbocycles. The van der Waals surface area contributed by atoms with Crippen molar-refractivity contribution in [3.8, 4) is 5.69 Å². The van der Waals surface area contributed by atoms with Crippen LogP contribution in [0.15, 0.2) is 37.1 Å². The van der Waals surface area contributed by atoms with Gasteiger partial charge in [0, 0.05) is 11.6 Å². The fraction of sp³-hybridized carbons (Fsp3) is 0. The summed E-state index contributed by atoms with van der Waals surface area (Å²) in [6.07, 6.45) is 4.72. The summed E-state index contributed by atoms with van der Waals surface area (Å²) in [5, 5.41) is 4.57. The van der Waals surface area contributed by atoms with E-state index in [1.54, 1.807) is 29.3 Å². The van der Waals surface area contributed by atoms with Crippen LogP contribution in [0, 0.1) is 5.82 Å². The first-order valence-corrected chi connectivity index (χ1v) is 4.47. The molecule has 3 rings (SSSR count). The van der Waals surface area contributed by atoms with Gasteiger partial charge in [-0.05, 0) is 18.2 Å². The molecule has 0 atom stereocenters. The first-order valence-electron chi connectivity index (χ1n) is 4.47. The number of benzene rings is 1. The van der Waals surface area contributed by atoms with Crippen LogP contribution in [0.2, 0.25) is 0 Å². The van der Waals surface area contributed by atoms with Crippen LogP contribution < -0.4 is 0 Å². The van der Waals surface area contributed by atoms with Crippen LogP contribution in [-0.2, 0) is 0 Å². The van der Waals surface area contributed by atoms with E-state index >= 15 is 0 Å². The molecule has 0 fully saturated rings. The van der Waals surface area contributed by atoms with Gasteiger partial charge in [0.05, 0.1) is 11.2 Å². The van der Waals surface area contributed by atoms with Crippen molar-refractivity contribution >= 4 is 10.9 Å². The van der Waals surface area contributed by atoms with Crippen molar-refractivity contribution in [2.24, 2.45) is 0 Å². The van der Waals surface area contributed by atoms with Gasteiger partial charge in [0.25, 0.3) is 0 Å². The van der Waals surface area contributed by atoms with Crippen molar-refractivity contribution in [3.05, 3.63) is 42.9 Å². The van der Waals surface area contributed by atoms with Gasteiger partial charge in [0.1, 0.15) is 18.5 Å². The molecule has 15 heavy (non-hydrogen) atoms. The summed E-state index contributed by atoms with van der Waals surface area (Å²) in [6, 6.07) is 4.79. The lowest BCUT2D eigenvalue weighted by Crippen LogP contribution is -1.96. The smallest absolute Gasteiger partial charge is 0.138 e. The summed E-state index contributed by atoms with van der Waals surface area (Å²) in [5.41, 5.74) is 1.51. The second-order valence-electron chi connectivity index (χ2n) is 3.17. The van der Waals surface area contributed by atoms with E-state index in [0.717, 1.165) is 11.2 Å². The van der Waals surface area contributed by atoms with Crippen molar-refractivity contribution in [1.29, 1.82) is 0 Å². The summed E-state index contributed by atoms with van der Waals surface area (Å²) >= 11 is 0. The monoisotopic (exact) mass is 202 g/mol. The van der Waals surface area contributed by atoms with Gasteiger partial charge in [-0.2, -0.15) is 5.10 Å². The predicted molar refractivity (Wildman–Crippen MR) is 53.2 cm³/mol. The summed E-state index contributed by atoms with van der Waals surface area (Å²) in [6.45, 7) is 0. The number of halogens is 1. The van der Waals surface area contributed by atoms with Gasteiger partial charge in [-0.3, -0.25) is 0 Å². The van der Waals surface area contributed by atoms with Gasteiger partial charge in [-0.1, -0.05) is 0 Å². The molecule has 0 saturated heterocycles. The maximum Gasteiger partial charge on any atom is 0.138 e. The lowest BCUT2D eigenvalue weighted by atomic mass is 10.2. The Morgan fingerprint density at radius 2 is 2.20 bits per heavy atom. The minimum absolute atomic E-state index is 0.241. The average Bonchev–Trinajstić information content (AvgIpc) is 2.88. The highest BCUT2D eigenvalue weighted by atomic mass is 19.1. The molecule has 2 heterocycles. The molecule has 1 N–H and O–H groups in total. The third kappa shape index (κ3) is 1.13. The highest BCUT2D eigenvalue weighted by molar-refractivity contribution is 5.87. The maximum atomic E-state index is 13.4. The second kappa shape index (κ2) is 2.91. The van der Waals surface area contributed by atoms with Crippen LogP contribution in [0.3, 0.4) is 0 Å². The molecule has 0 bridgehead atoms. The predicted octanol–water partition coefficient (Wildman–Crippen LogP) is 1.89. The normalized spacial score (nSPS) is 11.0. The highest BCUT2D eigenvalue weighted by Gasteiger charge is 2.08. The van der Waals surface area contributed by atoms with Crippen molar-refractivity contribution < 1.29 is 4.39 Å². The Hall–Kier alpha value is -2.17. The van der Waals surface area contributed by atoms with Crippen LogP contribution in [0.5, 0.6) is 0 Å². The minimum Gasteiger partial charge on any atom is -0.359 e. The lowest BCUT2D eigenvalue weighted by Gasteiger charge is -2.02. The van der Waals surface area contributed by atoms with Crippen LogP contribution in [-0.4, -0.2) is 19.7 Å². The quantitative estimate of drug-likeness (QED) is 0.655. The molecule has 0 saturated carbocycles. The van der Waals surface area contributed by atoms with E-state index < -0.39 is 0 Å². The van der Waals surface area contributed by atoms with Crippen LogP contribution in [0.25, 0.3) is 16.6 Å². The molecule has 1 aromatic carbocycles. The SMILES string of the molecule is Fc1ccc(-n2cncn2)c2[nH]ccc12. The van der Waals surface area contributed by atoms with Gasteiger partial charge in [0.2, 0.25) is 0 Å². The third-order valence-corrected chi connectivity index (χ3v) is 2.31. The highest BCUT2D eigenvalue weighted by Crippen LogP contribution is 2.22. The van der Waals surface area contributed by atoms with Crippen molar-refractivity contribution in [2.45, 2.75) is 0 Å². The van der Waals surface area contributed by atoms with Gasteiger partial charge in [-0.25, -0.2) is 14.1 Å². The topological polar surface area (TPSA) is 46.5 Å². The van der Waals surface area contributed by atoms with E-state index in [2.05, 4.69) is 15.1 Å². The zero-order valence-electron chi connectivity index (χ0n) is 7.68. The Bertz CT molecular complexity index is 597. The molecule has 2 aromatic heterocycles. The van der Waals surface area contributed by atoms with Gasteiger partial charge in [-0.15, -0.1) is 0 Å². The summed E-state index contributed by atoms with van der Waals surface area (Å²) in [4.78, 5) is 6.85. The average molecular weight is 202 g/mol. The number of nitrogens with zero attached hydrogens (tertiary/aromatic N) is 3. The molecule has 0 radical (unpaired) electrons. The van der Waals surface area contributed by atoms with E-state index in [1.165, 1.54) is 12.4 Å². The number of aromatic amines is 1. The molecule has 0 aliphatic heterocycles. The summed E-state index contributed by atoms with van der Waals surface area (Å²) in [7, 11) is 0. The second-order valence-corrected chi connectivity index (χ2v) is 3.17. The van der Waals surface area contributed by atoms with Gasteiger partial charge < -0.3 is 4.98 Å². The Kier molecular flexibility index (Phi) is 1.58. The molecule has 0 unspecified atom stereocenters. The molecule has 0 spiro atoms. The molecule has 74 valence electrons. The van der Waals surface area contributed by atoms with Gasteiger partial charge in [0.15, 0.2) is 0 Å². The molecule has 3 aromatic rings. The number of hydrogen-bond donors (Lipinski definition) is 1. The zero-order valence-corrected chi connectivity index (χ0v) is 7.68. The van der Waals surface area contributed by atoms with Crippen molar-refractivity contribution in [2.75, 3.05) is 0 Å². The number of rotatable bonds is 1. The zero-order chi connectivity index (χ0) is 10.3. The van der Waals surface area contributed by atoms with Crippen LogP contribution in [0.4, 0.5) is 4.39 Å². The van der Waals surface area contributed by atoms with E-state index in [-0.39, 0.29) is 5.82 Å². The lowest BCUT2D eigenvalue weighted by molar-refractivity contribution is 0.639. The molecule has 0 amide bonds. The molecule has 4 nitrogen and oxygen atoms in total. The Labute approximate surface area is 84.4 Å². The first-order chi connectivity index (χ1) is 7.36. The summed E-state index contributed by atoms with van der Waals surface area (Å²) in [5.74, 6) is -0.241. The largest absolute Gasteiger partial charge is 0.359 e. The van der Waals surface area contributed by atoms with E-state index in [9.17, 15) is 4.39 Å². The molecular formula is C10H7FN4. The molecule has 5 heteroatoms.